The fraction of sp³-hybridized carbons (Fsp3) is 0.692. The lowest BCUT2D eigenvalue weighted by atomic mass is 9.92. The molecule has 1 aromatic rings. The van der Waals surface area contributed by atoms with Gasteiger partial charge in [-0.05, 0) is 38.2 Å². The van der Waals surface area contributed by atoms with Crippen LogP contribution in [0, 0.1) is 0 Å². The molecule has 0 amide bonds. The molecule has 1 aromatic heterocycles. The second kappa shape index (κ2) is 6.39. The Morgan fingerprint density at radius 2 is 1.95 bits per heavy atom. The first-order valence-corrected chi connectivity index (χ1v) is 6.83. The minimum absolute atomic E-state index is 0.115. The van der Waals surface area contributed by atoms with Crippen molar-refractivity contribution >= 4 is 5.95 Å². The molecule has 0 atom stereocenters. The number of nitrogens with zero attached hydrogens (tertiary/aromatic N) is 2. The van der Waals surface area contributed by atoms with Gasteiger partial charge in [-0.1, -0.05) is 0 Å². The third kappa shape index (κ3) is 4.96. The van der Waals surface area contributed by atoms with Crippen molar-refractivity contribution in [3.63, 3.8) is 0 Å². The maximum Gasteiger partial charge on any atom is 0.389 e. The largest absolute Gasteiger partial charge is 0.389 e. The van der Waals surface area contributed by atoms with Crippen molar-refractivity contribution < 1.29 is 13.2 Å². The van der Waals surface area contributed by atoms with E-state index in [1.807, 2.05) is 0 Å². The van der Waals surface area contributed by atoms with Gasteiger partial charge in [-0.15, -0.1) is 0 Å². The van der Waals surface area contributed by atoms with Crippen molar-refractivity contribution in [2.75, 3.05) is 5.32 Å². The number of anilines is 1. The second-order valence-electron chi connectivity index (χ2n) is 5.24. The van der Waals surface area contributed by atoms with Crippen LogP contribution in [-0.2, 0) is 6.42 Å². The summed E-state index contributed by atoms with van der Waals surface area (Å²) in [4.78, 5) is 8.20. The average Bonchev–Trinajstić information content (AvgIpc) is 2.39. The summed E-state index contributed by atoms with van der Waals surface area (Å²) in [6.07, 6.45) is 0.150. The van der Waals surface area contributed by atoms with Crippen LogP contribution in [0.3, 0.4) is 0 Å². The van der Waals surface area contributed by atoms with Crippen LogP contribution >= 0.6 is 0 Å². The fourth-order valence-electron chi connectivity index (χ4n) is 2.32. The Bertz CT molecular complexity index is 428. The van der Waals surface area contributed by atoms with Gasteiger partial charge in [0.25, 0.3) is 0 Å². The van der Waals surface area contributed by atoms with Crippen LogP contribution in [0.2, 0.25) is 0 Å². The van der Waals surface area contributed by atoms with Gasteiger partial charge in [-0.25, -0.2) is 9.97 Å². The van der Waals surface area contributed by atoms with E-state index in [0.29, 0.717) is 11.6 Å². The molecule has 1 fully saturated rings. The number of aryl methyl sites for hydroxylation is 1. The zero-order valence-corrected chi connectivity index (χ0v) is 11.2. The molecule has 20 heavy (non-hydrogen) atoms. The summed E-state index contributed by atoms with van der Waals surface area (Å²) in [5.74, 6) is 0.408. The number of hydrogen-bond donors (Lipinski definition) is 2. The summed E-state index contributed by atoms with van der Waals surface area (Å²) >= 11 is 0. The van der Waals surface area contributed by atoms with E-state index in [-0.39, 0.29) is 18.5 Å². The minimum atomic E-state index is -4.15. The van der Waals surface area contributed by atoms with Crippen molar-refractivity contribution in [3.05, 3.63) is 18.0 Å². The number of rotatable bonds is 4. The summed E-state index contributed by atoms with van der Waals surface area (Å²) in [5, 5.41) is 3.18. The van der Waals surface area contributed by atoms with E-state index >= 15 is 0 Å². The van der Waals surface area contributed by atoms with Crippen molar-refractivity contribution in [1.29, 1.82) is 0 Å². The molecule has 0 spiro atoms. The van der Waals surface area contributed by atoms with Gasteiger partial charge in [0.2, 0.25) is 5.95 Å². The van der Waals surface area contributed by atoms with Gasteiger partial charge < -0.3 is 11.1 Å². The Morgan fingerprint density at radius 1 is 1.25 bits per heavy atom. The molecule has 1 aliphatic carbocycles. The normalized spacial score (nSPS) is 23.6. The predicted molar refractivity (Wildman–Crippen MR) is 70.3 cm³/mol. The number of aromatic nitrogens is 2. The highest BCUT2D eigenvalue weighted by atomic mass is 19.4. The summed E-state index contributed by atoms with van der Waals surface area (Å²) in [6.45, 7) is 0. The average molecular weight is 288 g/mol. The molecule has 0 aromatic carbocycles. The van der Waals surface area contributed by atoms with Gasteiger partial charge >= 0.3 is 6.18 Å². The number of halogens is 3. The predicted octanol–water partition coefficient (Wildman–Crippen LogP) is 2.65. The molecule has 112 valence electrons. The molecular formula is C13H19F3N4. The van der Waals surface area contributed by atoms with Crippen molar-refractivity contribution in [1.82, 2.24) is 9.97 Å². The molecule has 1 heterocycles. The van der Waals surface area contributed by atoms with Crippen molar-refractivity contribution in [3.8, 4) is 0 Å². The molecule has 0 radical (unpaired) electrons. The number of nitrogens with one attached hydrogen (secondary N) is 1. The van der Waals surface area contributed by atoms with E-state index in [1.165, 1.54) is 12.3 Å². The standard InChI is InChI=1S/C13H19F3N4/c14-13(15,16)7-5-11-6-8-18-12(20-11)19-10-3-1-9(17)2-4-10/h6,8-10H,1-5,7,17H2,(H,18,19,20). The summed E-state index contributed by atoms with van der Waals surface area (Å²) in [6, 6.07) is 2.04. The van der Waals surface area contributed by atoms with E-state index in [1.54, 1.807) is 0 Å². The molecular weight excluding hydrogens is 269 g/mol. The van der Waals surface area contributed by atoms with Gasteiger partial charge in [0.15, 0.2) is 0 Å². The zero-order chi connectivity index (χ0) is 14.6. The smallest absolute Gasteiger partial charge is 0.351 e. The zero-order valence-electron chi connectivity index (χ0n) is 11.2. The highest BCUT2D eigenvalue weighted by Crippen LogP contribution is 2.22. The summed E-state index contributed by atoms with van der Waals surface area (Å²) < 4.78 is 36.5. The number of nitrogens with two attached hydrogens (primary N) is 1. The Balaban J connectivity index is 1.89. The molecule has 4 nitrogen and oxygen atoms in total. The quantitative estimate of drug-likeness (QED) is 0.894. The first-order chi connectivity index (χ1) is 9.42. The van der Waals surface area contributed by atoms with E-state index in [0.717, 1.165) is 25.7 Å². The molecule has 0 saturated heterocycles. The van der Waals surface area contributed by atoms with Crippen LogP contribution in [0.15, 0.2) is 12.3 Å². The third-order valence-electron chi connectivity index (χ3n) is 3.48. The topological polar surface area (TPSA) is 63.8 Å². The molecule has 0 bridgehead atoms. The van der Waals surface area contributed by atoms with E-state index in [9.17, 15) is 13.2 Å². The second-order valence-corrected chi connectivity index (χ2v) is 5.24. The van der Waals surface area contributed by atoms with E-state index in [4.69, 9.17) is 5.73 Å². The molecule has 1 saturated carbocycles. The molecule has 0 aliphatic heterocycles. The lowest BCUT2D eigenvalue weighted by Gasteiger charge is -2.26. The van der Waals surface area contributed by atoms with Gasteiger partial charge in [0.05, 0.1) is 0 Å². The van der Waals surface area contributed by atoms with Gasteiger partial charge in [0.1, 0.15) is 0 Å². The fourth-order valence-corrected chi connectivity index (χ4v) is 2.32. The lowest BCUT2D eigenvalue weighted by molar-refractivity contribution is -0.134. The van der Waals surface area contributed by atoms with Gasteiger partial charge in [-0.3, -0.25) is 0 Å². The monoisotopic (exact) mass is 288 g/mol. The summed E-state index contributed by atoms with van der Waals surface area (Å²) in [5.41, 5.74) is 6.24. The Hall–Kier alpha value is -1.37. The van der Waals surface area contributed by atoms with Crippen LogP contribution < -0.4 is 11.1 Å². The molecule has 2 rings (SSSR count). The van der Waals surface area contributed by atoms with Crippen molar-refractivity contribution in [2.45, 2.75) is 56.8 Å². The SMILES string of the molecule is NC1CCC(Nc2nccc(CCC(F)(F)F)n2)CC1. The van der Waals surface area contributed by atoms with Crippen LogP contribution in [0.4, 0.5) is 19.1 Å². The van der Waals surface area contributed by atoms with E-state index in [2.05, 4.69) is 15.3 Å². The lowest BCUT2D eigenvalue weighted by Crippen LogP contribution is -2.33. The first-order valence-electron chi connectivity index (χ1n) is 6.83. The van der Waals surface area contributed by atoms with Gasteiger partial charge in [0, 0.05) is 30.4 Å². The Kier molecular flexibility index (Phi) is 4.80. The van der Waals surface area contributed by atoms with E-state index < -0.39 is 12.6 Å². The number of alkyl halides is 3. The molecule has 1 aliphatic rings. The van der Waals surface area contributed by atoms with Crippen LogP contribution in [0.5, 0.6) is 0 Å². The van der Waals surface area contributed by atoms with Crippen LogP contribution in [0.1, 0.15) is 37.8 Å². The highest BCUT2D eigenvalue weighted by Gasteiger charge is 2.27. The molecule has 3 N–H and O–H groups in total. The maximum atomic E-state index is 12.2. The van der Waals surface area contributed by atoms with Crippen LogP contribution in [-0.4, -0.2) is 28.2 Å². The minimum Gasteiger partial charge on any atom is -0.351 e. The number of hydrogen-bond acceptors (Lipinski definition) is 4. The molecule has 7 heteroatoms. The maximum absolute atomic E-state index is 12.2. The van der Waals surface area contributed by atoms with Crippen molar-refractivity contribution in [2.24, 2.45) is 5.73 Å². The van der Waals surface area contributed by atoms with Crippen LogP contribution in [0.25, 0.3) is 0 Å². The van der Waals surface area contributed by atoms with Gasteiger partial charge in [-0.2, -0.15) is 13.2 Å². The first kappa shape index (κ1) is 15.0. The Morgan fingerprint density at radius 3 is 2.60 bits per heavy atom. The molecule has 0 unspecified atom stereocenters. The highest BCUT2D eigenvalue weighted by molar-refractivity contribution is 5.27. The Labute approximate surface area is 116 Å². The summed E-state index contributed by atoms with van der Waals surface area (Å²) in [7, 11) is 0. The third-order valence-corrected chi connectivity index (χ3v) is 3.48.